The Bertz CT molecular complexity index is 825. The third kappa shape index (κ3) is 2.00. The highest BCUT2D eigenvalue weighted by Gasteiger charge is 2.67. The smallest absolute Gasteiger partial charge is 0.247 e. The number of nitrogens with one attached hydrogen (secondary N) is 1. The van der Waals surface area contributed by atoms with Crippen LogP contribution in [-0.2, 0) is 14.4 Å². The van der Waals surface area contributed by atoms with Gasteiger partial charge in [-0.15, -0.1) is 0 Å². The average Bonchev–Trinajstić information content (AvgIpc) is 3.41. The minimum Gasteiger partial charge on any atom is -0.324 e. The van der Waals surface area contributed by atoms with Gasteiger partial charge in [-0.25, -0.2) is 0 Å². The fraction of sp³-hybridized carbons (Fsp3) is 0.476. The summed E-state index contributed by atoms with van der Waals surface area (Å²) in [6.07, 6.45) is 5.43. The van der Waals surface area contributed by atoms with E-state index in [0.29, 0.717) is 17.5 Å². The number of hydrogen-bond acceptors (Lipinski definition) is 3. The van der Waals surface area contributed by atoms with Gasteiger partial charge < -0.3 is 5.32 Å². The molecule has 1 N–H and O–H groups in total. The summed E-state index contributed by atoms with van der Waals surface area (Å²) in [5, 5.41) is 2.86. The predicted octanol–water partition coefficient (Wildman–Crippen LogP) is 2.38. The number of rotatable bonds is 3. The molecular weight excluding hydrogens is 328 g/mol. The van der Waals surface area contributed by atoms with Crippen molar-refractivity contribution in [1.29, 1.82) is 0 Å². The highest BCUT2D eigenvalue weighted by molar-refractivity contribution is 6.10. The van der Waals surface area contributed by atoms with E-state index in [1.54, 1.807) is 6.92 Å². The molecule has 134 valence electrons. The summed E-state index contributed by atoms with van der Waals surface area (Å²) < 4.78 is 0. The van der Waals surface area contributed by atoms with E-state index >= 15 is 0 Å². The van der Waals surface area contributed by atoms with Crippen LogP contribution in [0, 0.1) is 42.4 Å². The number of likely N-dealkylation sites (tertiary alicyclic amines) is 1. The molecule has 6 rings (SSSR count). The number of nitrogens with zero attached hydrogens (tertiary/aromatic N) is 1. The number of aryl methyl sites for hydroxylation is 1. The van der Waals surface area contributed by atoms with Gasteiger partial charge in [-0.2, -0.15) is 0 Å². The molecule has 4 aliphatic carbocycles. The first-order valence-corrected chi connectivity index (χ1v) is 9.41. The topological polar surface area (TPSA) is 66.5 Å². The molecule has 1 saturated heterocycles. The van der Waals surface area contributed by atoms with Gasteiger partial charge in [-0.3, -0.25) is 19.3 Å². The van der Waals surface area contributed by atoms with Crippen LogP contribution in [0.3, 0.4) is 0 Å². The average molecular weight is 350 g/mol. The number of carbonyl (C=O) groups is 3. The molecule has 0 spiro atoms. The number of carbonyl (C=O) groups excluding carboxylic acids is 3. The summed E-state index contributed by atoms with van der Waals surface area (Å²) in [4.78, 5) is 40.1. The molecule has 1 heterocycles. The van der Waals surface area contributed by atoms with Crippen LogP contribution in [0.1, 0.15) is 18.9 Å². The molecule has 5 aliphatic rings. The summed E-state index contributed by atoms with van der Waals surface area (Å²) in [6, 6.07) is 6.70. The molecule has 5 nitrogen and oxygen atoms in total. The van der Waals surface area contributed by atoms with E-state index in [4.69, 9.17) is 0 Å². The van der Waals surface area contributed by atoms with Crippen molar-refractivity contribution < 1.29 is 14.4 Å². The second-order valence-electron chi connectivity index (χ2n) is 8.18. The highest BCUT2D eigenvalue weighted by Crippen LogP contribution is 2.65. The van der Waals surface area contributed by atoms with Gasteiger partial charge in [0.15, 0.2) is 0 Å². The monoisotopic (exact) mass is 350 g/mol. The lowest BCUT2D eigenvalue weighted by Crippen LogP contribution is -2.46. The molecule has 0 aromatic heterocycles. The maximum Gasteiger partial charge on any atom is 0.247 e. The molecule has 26 heavy (non-hydrogen) atoms. The fourth-order valence-corrected chi connectivity index (χ4v) is 5.43. The molecule has 5 heteroatoms. The first-order chi connectivity index (χ1) is 12.5. The molecule has 1 aromatic carbocycles. The normalized spacial score (nSPS) is 37.4. The lowest BCUT2D eigenvalue weighted by atomic mass is 9.63. The zero-order chi connectivity index (χ0) is 18.2. The Kier molecular flexibility index (Phi) is 3.21. The van der Waals surface area contributed by atoms with Crippen molar-refractivity contribution in [1.82, 2.24) is 4.90 Å². The minimum absolute atomic E-state index is 0.155. The third-order valence-electron chi connectivity index (χ3n) is 6.87. The quantitative estimate of drug-likeness (QED) is 0.672. The van der Waals surface area contributed by atoms with Gasteiger partial charge in [-0.1, -0.05) is 30.4 Å². The number of hydrogen-bond donors (Lipinski definition) is 1. The highest BCUT2D eigenvalue weighted by atomic mass is 16.2. The van der Waals surface area contributed by atoms with Crippen molar-refractivity contribution in [3.8, 4) is 0 Å². The number of anilines is 1. The largest absolute Gasteiger partial charge is 0.324 e. The first-order valence-electron chi connectivity index (χ1n) is 9.41. The Labute approximate surface area is 152 Å². The van der Waals surface area contributed by atoms with E-state index in [2.05, 4.69) is 17.5 Å². The molecule has 0 unspecified atom stereocenters. The van der Waals surface area contributed by atoms with Gasteiger partial charge in [0.05, 0.1) is 11.8 Å². The fourth-order valence-electron chi connectivity index (χ4n) is 5.43. The Morgan fingerprint density at radius 2 is 1.65 bits per heavy atom. The Morgan fingerprint density at radius 3 is 2.23 bits per heavy atom. The van der Waals surface area contributed by atoms with Crippen molar-refractivity contribution in [2.45, 2.75) is 26.3 Å². The summed E-state index contributed by atoms with van der Waals surface area (Å²) in [7, 11) is 0. The maximum atomic E-state index is 13.1. The van der Waals surface area contributed by atoms with E-state index in [9.17, 15) is 14.4 Å². The van der Waals surface area contributed by atoms with Crippen molar-refractivity contribution in [2.24, 2.45) is 35.5 Å². The van der Waals surface area contributed by atoms with Crippen LogP contribution in [0.5, 0.6) is 0 Å². The van der Waals surface area contributed by atoms with E-state index in [-0.39, 0.29) is 41.4 Å². The molecule has 7 atom stereocenters. The van der Waals surface area contributed by atoms with E-state index in [0.717, 1.165) is 12.0 Å². The summed E-state index contributed by atoms with van der Waals surface area (Å²) >= 11 is 0. The van der Waals surface area contributed by atoms with Crippen LogP contribution in [0.15, 0.2) is 36.4 Å². The number of benzene rings is 1. The van der Waals surface area contributed by atoms with Gasteiger partial charge in [0.25, 0.3) is 0 Å². The Morgan fingerprint density at radius 1 is 1.08 bits per heavy atom. The van der Waals surface area contributed by atoms with Crippen molar-refractivity contribution in [3.63, 3.8) is 0 Å². The van der Waals surface area contributed by atoms with Crippen molar-refractivity contribution in [3.05, 3.63) is 42.0 Å². The molecule has 2 bridgehead atoms. The van der Waals surface area contributed by atoms with Gasteiger partial charge in [0.2, 0.25) is 17.7 Å². The third-order valence-corrected chi connectivity index (χ3v) is 6.87. The number of para-hydroxylation sites is 1. The SMILES string of the molecule is Cc1ccccc1NC(=O)[C@H](C)N1C(=O)[C@@H]2[C@H]3C=C[C@@H]([C@@H]4C[C@@H]34)[C@H]2C1=O. The van der Waals surface area contributed by atoms with Crippen molar-refractivity contribution >= 4 is 23.4 Å². The molecule has 3 amide bonds. The minimum atomic E-state index is -0.795. The van der Waals surface area contributed by atoms with Crippen LogP contribution in [0.25, 0.3) is 0 Å². The zero-order valence-corrected chi connectivity index (χ0v) is 14.9. The van der Waals surface area contributed by atoms with Gasteiger partial charge >= 0.3 is 0 Å². The van der Waals surface area contributed by atoms with E-state index in [1.807, 2.05) is 31.2 Å². The van der Waals surface area contributed by atoms with Gasteiger partial charge in [-0.05, 0) is 55.6 Å². The van der Waals surface area contributed by atoms with Crippen molar-refractivity contribution in [2.75, 3.05) is 5.32 Å². The summed E-state index contributed by atoms with van der Waals surface area (Å²) in [5.74, 6) is 0.369. The molecule has 2 saturated carbocycles. The second kappa shape index (κ2) is 5.29. The van der Waals surface area contributed by atoms with Gasteiger partial charge in [0.1, 0.15) is 6.04 Å². The first kappa shape index (κ1) is 15.8. The molecule has 1 aromatic rings. The number of amides is 3. The number of allylic oxidation sites excluding steroid dienone is 2. The maximum absolute atomic E-state index is 13.1. The van der Waals surface area contributed by atoms with Crippen LogP contribution < -0.4 is 5.32 Å². The van der Waals surface area contributed by atoms with Crippen LogP contribution in [-0.4, -0.2) is 28.7 Å². The second-order valence-corrected chi connectivity index (χ2v) is 8.18. The summed E-state index contributed by atoms with van der Waals surface area (Å²) in [5.41, 5.74) is 1.66. The zero-order valence-electron chi connectivity index (χ0n) is 14.9. The van der Waals surface area contributed by atoms with Crippen LogP contribution in [0.2, 0.25) is 0 Å². The van der Waals surface area contributed by atoms with Gasteiger partial charge in [0, 0.05) is 5.69 Å². The Hall–Kier alpha value is -2.43. The van der Waals surface area contributed by atoms with Crippen LogP contribution in [0.4, 0.5) is 5.69 Å². The lowest BCUT2D eigenvalue weighted by molar-refractivity contribution is -0.146. The summed E-state index contributed by atoms with van der Waals surface area (Å²) in [6.45, 7) is 3.56. The standard InChI is InChI=1S/C21H22N2O3/c1-10-5-3-4-6-16(10)22-19(24)11(2)23-20(25)17-12-7-8-13(15-9-14(12)15)18(17)21(23)26/h3-8,11-15,17-18H,9H2,1-2H3,(H,22,24)/t11-,12-,13-,14-,15-,17+,18+/m0/s1. The molecule has 1 aliphatic heterocycles. The van der Waals surface area contributed by atoms with E-state index in [1.165, 1.54) is 4.90 Å². The number of imide groups is 1. The molecular formula is C21H22N2O3. The Balaban J connectivity index is 1.39. The molecule has 3 fully saturated rings. The predicted molar refractivity (Wildman–Crippen MR) is 95.8 cm³/mol. The lowest BCUT2D eigenvalue weighted by Gasteiger charge is -2.37. The van der Waals surface area contributed by atoms with E-state index < -0.39 is 6.04 Å². The molecule has 0 radical (unpaired) electrons. The van der Waals surface area contributed by atoms with Crippen LogP contribution >= 0.6 is 0 Å².